The molecule has 2 saturated carbocycles. The molecule has 2 aliphatic carbocycles. The van der Waals surface area contributed by atoms with Gasteiger partial charge < -0.3 is 15.5 Å². The largest absolute Gasteiger partial charge is 0.507 e. The number of amides is 1. The van der Waals surface area contributed by atoms with Crippen LogP contribution in [0.3, 0.4) is 0 Å². The van der Waals surface area contributed by atoms with Crippen molar-refractivity contribution in [3.05, 3.63) is 23.8 Å². The number of rotatable bonds is 3. The van der Waals surface area contributed by atoms with Gasteiger partial charge in [0.25, 0.3) is 5.91 Å². The Bertz CT molecular complexity index is 480. The number of carbonyl (C=O) groups excluding carboxylic acids is 1. The van der Waals surface area contributed by atoms with Crippen molar-refractivity contribution in [1.29, 1.82) is 0 Å². The second-order valence-corrected chi connectivity index (χ2v) is 5.82. The van der Waals surface area contributed by atoms with Gasteiger partial charge in [0, 0.05) is 6.54 Å². The monoisotopic (exact) mass is 261 g/mol. The molecule has 3 unspecified atom stereocenters. The predicted molar refractivity (Wildman–Crippen MR) is 71.0 cm³/mol. The van der Waals surface area contributed by atoms with Crippen LogP contribution in [-0.2, 0) is 0 Å². The fraction of sp³-hybridized carbons (Fsp3) is 0.533. The Hall–Kier alpha value is -1.71. The third kappa shape index (κ3) is 2.27. The molecule has 3 atom stereocenters. The van der Waals surface area contributed by atoms with Crippen LogP contribution < -0.4 is 5.32 Å². The first-order valence-corrected chi connectivity index (χ1v) is 6.94. The molecule has 3 rings (SSSR count). The Labute approximate surface area is 112 Å². The van der Waals surface area contributed by atoms with Crippen molar-refractivity contribution in [3.8, 4) is 11.5 Å². The minimum atomic E-state index is -0.390. The molecule has 0 spiro atoms. The fourth-order valence-electron chi connectivity index (χ4n) is 3.70. The normalized spacial score (nSPS) is 28.5. The van der Waals surface area contributed by atoms with Gasteiger partial charge in [-0.2, -0.15) is 0 Å². The topological polar surface area (TPSA) is 69.6 Å². The van der Waals surface area contributed by atoms with E-state index in [2.05, 4.69) is 5.32 Å². The SMILES string of the molecule is O=C(NCC1CC2CCC1C2)c1c(O)cccc1O. The van der Waals surface area contributed by atoms with Gasteiger partial charge in [-0.05, 0) is 49.1 Å². The Morgan fingerprint density at radius 1 is 1.21 bits per heavy atom. The summed E-state index contributed by atoms with van der Waals surface area (Å²) in [6.45, 7) is 0.647. The molecule has 3 N–H and O–H groups in total. The molecule has 0 aliphatic heterocycles. The molecule has 102 valence electrons. The number of hydrogen-bond donors (Lipinski definition) is 3. The highest BCUT2D eigenvalue weighted by Gasteiger charge is 2.39. The average molecular weight is 261 g/mol. The zero-order valence-electron chi connectivity index (χ0n) is 10.8. The Morgan fingerprint density at radius 2 is 1.95 bits per heavy atom. The van der Waals surface area contributed by atoms with Crippen LogP contribution in [0.15, 0.2) is 18.2 Å². The summed E-state index contributed by atoms with van der Waals surface area (Å²) < 4.78 is 0. The van der Waals surface area contributed by atoms with E-state index in [-0.39, 0.29) is 17.1 Å². The summed E-state index contributed by atoms with van der Waals surface area (Å²) in [5, 5.41) is 22.1. The van der Waals surface area contributed by atoms with E-state index in [0.29, 0.717) is 12.5 Å². The highest BCUT2D eigenvalue weighted by Crippen LogP contribution is 2.47. The number of carbonyl (C=O) groups is 1. The highest BCUT2D eigenvalue weighted by molar-refractivity contribution is 5.99. The molecule has 0 saturated heterocycles. The first kappa shape index (κ1) is 12.3. The molecule has 1 aromatic carbocycles. The van der Waals surface area contributed by atoms with E-state index in [9.17, 15) is 15.0 Å². The van der Waals surface area contributed by atoms with Gasteiger partial charge in [-0.3, -0.25) is 4.79 Å². The maximum atomic E-state index is 12.0. The zero-order valence-corrected chi connectivity index (χ0v) is 10.8. The first-order valence-electron chi connectivity index (χ1n) is 6.94. The van der Waals surface area contributed by atoms with E-state index in [0.717, 1.165) is 11.8 Å². The third-order valence-electron chi connectivity index (χ3n) is 4.66. The lowest BCUT2D eigenvalue weighted by Gasteiger charge is -2.22. The van der Waals surface area contributed by atoms with Crippen molar-refractivity contribution in [2.45, 2.75) is 25.7 Å². The predicted octanol–water partition coefficient (Wildman–Crippen LogP) is 2.26. The molecule has 0 aromatic heterocycles. The molecule has 2 bridgehead atoms. The number of aromatic hydroxyl groups is 2. The quantitative estimate of drug-likeness (QED) is 0.781. The van der Waals surface area contributed by atoms with Gasteiger partial charge in [0.05, 0.1) is 0 Å². The number of fused-ring (bicyclic) bond motifs is 2. The fourth-order valence-corrected chi connectivity index (χ4v) is 3.70. The maximum absolute atomic E-state index is 12.0. The second kappa shape index (κ2) is 4.76. The van der Waals surface area contributed by atoms with Crippen LogP contribution in [0.4, 0.5) is 0 Å². The second-order valence-electron chi connectivity index (χ2n) is 5.82. The van der Waals surface area contributed by atoms with Gasteiger partial charge in [-0.25, -0.2) is 0 Å². The molecule has 0 radical (unpaired) electrons. The number of nitrogens with one attached hydrogen (secondary N) is 1. The molecular weight excluding hydrogens is 242 g/mol. The van der Waals surface area contributed by atoms with Crippen LogP contribution in [0.25, 0.3) is 0 Å². The van der Waals surface area contributed by atoms with Gasteiger partial charge in [0.15, 0.2) is 0 Å². The first-order chi connectivity index (χ1) is 9.15. The number of phenolic OH excluding ortho intramolecular Hbond substituents is 2. The van der Waals surface area contributed by atoms with E-state index in [4.69, 9.17) is 0 Å². The molecular formula is C15H19NO3. The lowest BCUT2D eigenvalue weighted by atomic mass is 9.89. The van der Waals surface area contributed by atoms with E-state index >= 15 is 0 Å². The Morgan fingerprint density at radius 3 is 2.53 bits per heavy atom. The minimum Gasteiger partial charge on any atom is -0.507 e. The summed E-state index contributed by atoms with van der Waals surface area (Å²) in [6, 6.07) is 4.33. The van der Waals surface area contributed by atoms with Crippen LogP contribution in [0.5, 0.6) is 11.5 Å². The Balaban J connectivity index is 1.63. The molecule has 1 amide bonds. The summed E-state index contributed by atoms with van der Waals surface area (Å²) in [7, 11) is 0. The van der Waals surface area contributed by atoms with Crippen LogP contribution in [0.2, 0.25) is 0 Å². The third-order valence-corrected chi connectivity index (χ3v) is 4.66. The summed E-state index contributed by atoms with van der Waals surface area (Å²) in [4.78, 5) is 12.0. The molecule has 2 fully saturated rings. The standard InChI is InChI=1S/C15H19NO3/c17-12-2-1-3-13(18)14(12)15(19)16-8-11-7-9-4-5-10(11)6-9/h1-3,9-11,17-18H,4-8H2,(H,16,19). The van der Waals surface area contributed by atoms with Crippen molar-refractivity contribution in [1.82, 2.24) is 5.32 Å². The lowest BCUT2D eigenvalue weighted by molar-refractivity contribution is 0.0936. The van der Waals surface area contributed by atoms with E-state index in [1.165, 1.54) is 43.9 Å². The molecule has 2 aliphatic rings. The van der Waals surface area contributed by atoms with Gasteiger partial charge >= 0.3 is 0 Å². The molecule has 4 nitrogen and oxygen atoms in total. The van der Waals surface area contributed by atoms with Crippen LogP contribution in [-0.4, -0.2) is 22.7 Å². The Kier molecular flexibility index (Phi) is 3.09. The van der Waals surface area contributed by atoms with Gasteiger partial charge in [0.2, 0.25) is 0 Å². The smallest absolute Gasteiger partial charge is 0.258 e. The van der Waals surface area contributed by atoms with Crippen molar-refractivity contribution >= 4 is 5.91 Å². The molecule has 1 aromatic rings. The van der Waals surface area contributed by atoms with Crippen LogP contribution in [0, 0.1) is 17.8 Å². The van der Waals surface area contributed by atoms with Crippen molar-refractivity contribution in [3.63, 3.8) is 0 Å². The summed E-state index contributed by atoms with van der Waals surface area (Å²) in [6.07, 6.45) is 5.14. The highest BCUT2D eigenvalue weighted by atomic mass is 16.3. The lowest BCUT2D eigenvalue weighted by Crippen LogP contribution is -2.31. The minimum absolute atomic E-state index is 0.0225. The van der Waals surface area contributed by atoms with Crippen LogP contribution >= 0.6 is 0 Å². The number of phenols is 2. The van der Waals surface area contributed by atoms with Gasteiger partial charge in [-0.15, -0.1) is 0 Å². The van der Waals surface area contributed by atoms with Crippen molar-refractivity contribution in [2.24, 2.45) is 17.8 Å². The summed E-state index contributed by atoms with van der Waals surface area (Å²) in [5.74, 6) is 1.43. The number of hydrogen-bond acceptors (Lipinski definition) is 3. The average Bonchev–Trinajstić information content (AvgIpc) is 2.98. The summed E-state index contributed by atoms with van der Waals surface area (Å²) >= 11 is 0. The summed E-state index contributed by atoms with van der Waals surface area (Å²) in [5.41, 5.74) is -0.0225. The van der Waals surface area contributed by atoms with Crippen molar-refractivity contribution in [2.75, 3.05) is 6.54 Å². The van der Waals surface area contributed by atoms with Gasteiger partial charge in [-0.1, -0.05) is 12.5 Å². The van der Waals surface area contributed by atoms with Gasteiger partial charge in [0.1, 0.15) is 17.1 Å². The van der Waals surface area contributed by atoms with E-state index < -0.39 is 5.91 Å². The van der Waals surface area contributed by atoms with E-state index in [1.54, 1.807) is 0 Å². The number of benzene rings is 1. The maximum Gasteiger partial charge on any atom is 0.258 e. The van der Waals surface area contributed by atoms with Crippen molar-refractivity contribution < 1.29 is 15.0 Å². The molecule has 0 heterocycles. The van der Waals surface area contributed by atoms with Crippen LogP contribution in [0.1, 0.15) is 36.0 Å². The molecule has 4 heteroatoms. The zero-order chi connectivity index (χ0) is 13.4. The van der Waals surface area contributed by atoms with E-state index in [1.807, 2.05) is 0 Å². The molecule has 19 heavy (non-hydrogen) atoms.